The Balaban J connectivity index is 1.69. The van der Waals surface area contributed by atoms with Gasteiger partial charge >= 0.3 is 6.09 Å². The van der Waals surface area contributed by atoms with Gasteiger partial charge in [-0.25, -0.2) is 4.79 Å². The fourth-order valence-corrected chi connectivity index (χ4v) is 4.77. The lowest BCUT2D eigenvalue weighted by atomic mass is 10.2. The Labute approximate surface area is 174 Å². The minimum Gasteiger partial charge on any atom is -0.445 e. The maximum atomic E-state index is 12.7. The Morgan fingerprint density at radius 3 is 2.69 bits per heavy atom. The number of hydrogen-bond donors (Lipinski definition) is 1. The number of thioether (sulfide) groups is 1. The van der Waals surface area contributed by atoms with Gasteiger partial charge < -0.3 is 10.1 Å². The molecule has 0 radical (unpaired) electrons. The van der Waals surface area contributed by atoms with Gasteiger partial charge in [0.05, 0.1) is 11.0 Å². The number of carbonyl (C=O) groups is 2. The Morgan fingerprint density at radius 2 is 2.10 bits per heavy atom. The lowest BCUT2D eigenvalue weighted by Gasteiger charge is -2.22. The van der Waals surface area contributed by atoms with Crippen molar-refractivity contribution in [3.63, 3.8) is 0 Å². The molecule has 0 saturated carbocycles. The van der Waals surface area contributed by atoms with Gasteiger partial charge in [0, 0.05) is 37.9 Å². The second kappa shape index (κ2) is 9.18. The van der Waals surface area contributed by atoms with E-state index >= 15 is 0 Å². The zero-order valence-electron chi connectivity index (χ0n) is 15.7. The average Bonchev–Trinajstić information content (AvgIpc) is 3.32. The number of aromatic nitrogens is 2. The fraction of sp³-hybridized carbons (Fsp3) is 0.412. The van der Waals surface area contributed by atoms with E-state index in [0.29, 0.717) is 28.7 Å². The van der Waals surface area contributed by atoms with E-state index in [1.165, 1.54) is 42.2 Å². The molecule has 1 saturated heterocycles. The van der Waals surface area contributed by atoms with E-state index in [-0.39, 0.29) is 28.7 Å². The lowest BCUT2D eigenvalue weighted by Crippen LogP contribution is -2.32. The number of carbonyl (C=O) groups excluding carboxylic acids is 2. The molecule has 29 heavy (non-hydrogen) atoms. The van der Waals surface area contributed by atoms with Crippen LogP contribution in [0.3, 0.4) is 0 Å². The van der Waals surface area contributed by atoms with Crippen LogP contribution in [0.25, 0.3) is 0 Å². The molecule has 0 bridgehead atoms. The summed E-state index contributed by atoms with van der Waals surface area (Å²) in [5.74, 6) is 0. The van der Waals surface area contributed by atoms with Gasteiger partial charge in [-0.1, -0.05) is 23.1 Å². The van der Waals surface area contributed by atoms with Gasteiger partial charge in [-0.2, -0.15) is 0 Å². The largest absolute Gasteiger partial charge is 0.445 e. The predicted molar refractivity (Wildman–Crippen MR) is 109 cm³/mol. The summed E-state index contributed by atoms with van der Waals surface area (Å²) in [4.78, 5) is 36.0. The molecule has 10 nitrogen and oxygen atoms in total. The van der Waals surface area contributed by atoms with E-state index in [9.17, 15) is 19.7 Å². The van der Waals surface area contributed by atoms with Crippen LogP contribution >= 0.6 is 23.1 Å². The summed E-state index contributed by atoms with van der Waals surface area (Å²) in [6.07, 6.45) is 0.0519. The van der Waals surface area contributed by atoms with Gasteiger partial charge in [0.15, 0.2) is 5.12 Å². The first kappa shape index (κ1) is 21.0. The van der Waals surface area contributed by atoms with E-state index in [1.54, 1.807) is 24.1 Å². The van der Waals surface area contributed by atoms with Crippen LogP contribution in [0.1, 0.15) is 30.0 Å². The van der Waals surface area contributed by atoms with Gasteiger partial charge in [0.1, 0.15) is 11.6 Å². The summed E-state index contributed by atoms with van der Waals surface area (Å²) >= 11 is 2.55. The van der Waals surface area contributed by atoms with E-state index in [2.05, 4.69) is 15.5 Å². The first-order chi connectivity index (χ1) is 13.9. The van der Waals surface area contributed by atoms with Crippen LogP contribution in [0.15, 0.2) is 24.3 Å². The summed E-state index contributed by atoms with van der Waals surface area (Å²) < 4.78 is 5.41. The van der Waals surface area contributed by atoms with Crippen molar-refractivity contribution in [2.75, 3.05) is 18.9 Å². The van der Waals surface area contributed by atoms with Crippen molar-refractivity contribution in [1.29, 1.82) is 0 Å². The van der Waals surface area contributed by atoms with Crippen LogP contribution in [-0.4, -0.2) is 50.1 Å². The van der Waals surface area contributed by atoms with Gasteiger partial charge in [0.2, 0.25) is 5.13 Å². The van der Waals surface area contributed by atoms with Crippen molar-refractivity contribution in [3.05, 3.63) is 45.0 Å². The number of ether oxygens (including phenoxy) is 1. The molecule has 154 valence electrons. The van der Waals surface area contributed by atoms with Crippen molar-refractivity contribution >= 4 is 45.1 Å². The third-order valence-corrected chi connectivity index (χ3v) is 6.33. The van der Waals surface area contributed by atoms with E-state index in [4.69, 9.17) is 4.74 Å². The van der Waals surface area contributed by atoms with Crippen LogP contribution in [0.5, 0.6) is 0 Å². The van der Waals surface area contributed by atoms with Crippen molar-refractivity contribution in [2.24, 2.45) is 0 Å². The number of anilines is 1. The maximum Gasteiger partial charge on any atom is 0.410 e. The Hall–Kier alpha value is -2.73. The standard InChI is InChI=1S/C17H19N5O5S2/c1-10(23)28-13-7-14(15-19-20-16(18-2)29-15)21(8-13)17(24)27-9-11-3-5-12(6-4-11)22(25)26/h3-6,13-14H,7-9H2,1-2H3,(H,18,20)/t13-,14-/m0/s1. The molecule has 1 fully saturated rings. The predicted octanol–water partition coefficient (Wildman–Crippen LogP) is 3.22. The second-order valence-electron chi connectivity index (χ2n) is 6.31. The second-order valence-corrected chi connectivity index (χ2v) is 8.80. The summed E-state index contributed by atoms with van der Waals surface area (Å²) in [7, 11) is 1.74. The Kier molecular flexibility index (Phi) is 6.64. The Bertz CT molecular complexity index is 904. The zero-order chi connectivity index (χ0) is 21.0. The summed E-state index contributed by atoms with van der Waals surface area (Å²) in [5, 5.41) is 23.1. The molecule has 1 amide bonds. The van der Waals surface area contributed by atoms with Crippen molar-refractivity contribution in [3.8, 4) is 0 Å². The average molecular weight is 438 g/mol. The first-order valence-electron chi connectivity index (χ1n) is 8.72. The number of nitro groups is 1. The maximum absolute atomic E-state index is 12.7. The Morgan fingerprint density at radius 1 is 1.38 bits per heavy atom. The van der Waals surface area contributed by atoms with Crippen LogP contribution in [-0.2, 0) is 16.1 Å². The number of likely N-dealkylation sites (tertiary alicyclic amines) is 1. The van der Waals surface area contributed by atoms with Gasteiger partial charge in [-0.15, -0.1) is 10.2 Å². The minimum atomic E-state index is -0.527. The van der Waals surface area contributed by atoms with Gasteiger partial charge in [0.25, 0.3) is 5.69 Å². The zero-order valence-corrected chi connectivity index (χ0v) is 17.4. The molecule has 1 aromatic heterocycles. The number of benzene rings is 1. The molecule has 0 aliphatic carbocycles. The molecule has 1 N–H and O–H groups in total. The highest BCUT2D eigenvalue weighted by Crippen LogP contribution is 2.39. The number of nitrogens with one attached hydrogen (secondary N) is 1. The quantitative estimate of drug-likeness (QED) is 0.535. The normalized spacial score (nSPS) is 18.5. The molecule has 2 atom stereocenters. The molecule has 12 heteroatoms. The molecule has 3 rings (SSSR count). The molecule has 1 aliphatic heterocycles. The smallest absolute Gasteiger partial charge is 0.410 e. The highest BCUT2D eigenvalue weighted by molar-refractivity contribution is 8.14. The van der Waals surface area contributed by atoms with Crippen LogP contribution < -0.4 is 5.32 Å². The molecular formula is C17H19N5O5S2. The number of hydrogen-bond acceptors (Lipinski definition) is 10. The van der Waals surface area contributed by atoms with Crippen molar-refractivity contribution in [2.45, 2.75) is 31.2 Å². The van der Waals surface area contributed by atoms with Crippen molar-refractivity contribution < 1.29 is 19.2 Å². The van der Waals surface area contributed by atoms with E-state index in [0.717, 1.165) is 0 Å². The molecule has 0 spiro atoms. The minimum absolute atomic E-state index is 0.0111. The van der Waals surface area contributed by atoms with Crippen molar-refractivity contribution in [1.82, 2.24) is 15.1 Å². The number of nitrogens with zero attached hydrogens (tertiary/aromatic N) is 4. The highest BCUT2D eigenvalue weighted by Gasteiger charge is 2.40. The lowest BCUT2D eigenvalue weighted by molar-refractivity contribution is -0.384. The van der Waals surface area contributed by atoms with Crippen LogP contribution in [0, 0.1) is 10.1 Å². The molecule has 2 heterocycles. The molecule has 0 unspecified atom stereocenters. The topological polar surface area (TPSA) is 128 Å². The van der Waals surface area contributed by atoms with Crippen LogP contribution in [0.4, 0.5) is 15.6 Å². The van der Waals surface area contributed by atoms with E-state index < -0.39 is 11.0 Å². The summed E-state index contributed by atoms with van der Waals surface area (Å²) in [6.45, 7) is 1.85. The highest BCUT2D eigenvalue weighted by atomic mass is 32.2. The molecular weight excluding hydrogens is 418 g/mol. The monoisotopic (exact) mass is 437 g/mol. The van der Waals surface area contributed by atoms with Gasteiger partial charge in [-0.05, 0) is 24.1 Å². The SMILES string of the molecule is CNc1nnc([C@@H]2C[C@H](SC(C)=O)CN2C(=O)OCc2ccc([N+](=O)[O-])cc2)s1. The third kappa shape index (κ3) is 5.21. The fourth-order valence-electron chi connectivity index (χ4n) is 2.97. The summed E-state index contributed by atoms with van der Waals surface area (Å²) in [6, 6.07) is 5.50. The summed E-state index contributed by atoms with van der Waals surface area (Å²) in [5.41, 5.74) is 0.614. The number of rotatable bonds is 6. The number of nitro benzene ring substituents is 1. The molecule has 1 aromatic carbocycles. The van der Waals surface area contributed by atoms with Crippen LogP contribution in [0.2, 0.25) is 0 Å². The number of amides is 1. The third-order valence-electron chi connectivity index (χ3n) is 4.28. The van der Waals surface area contributed by atoms with E-state index in [1.807, 2.05) is 0 Å². The first-order valence-corrected chi connectivity index (χ1v) is 10.4. The molecule has 2 aromatic rings. The molecule has 1 aliphatic rings. The van der Waals surface area contributed by atoms with Gasteiger partial charge in [-0.3, -0.25) is 19.8 Å². The number of non-ortho nitro benzene ring substituents is 1.